The lowest BCUT2D eigenvalue weighted by Crippen LogP contribution is -2.47. The van der Waals surface area contributed by atoms with Crippen molar-refractivity contribution in [2.75, 3.05) is 26.2 Å². The lowest BCUT2D eigenvalue weighted by Gasteiger charge is -2.31. The monoisotopic (exact) mass is 332 g/mol. The van der Waals surface area contributed by atoms with Crippen molar-refractivity contribution >= 4 is 21.5 Å². The van der Waals surface area contributed by atoms with Gasteiger partial charge in [0.1, 0.15) is 5.01 Å². The fourth-order valence-electron chi connectivity index (χ4n) is 2.49. The Labute approximate surface area is 131 Å². The highest BCUT2D eigenvalue weighted by Crippen LogP contribution is 2.18. The molecule has 0 aliphatic carbocycles. The number of hydrogen-bond donors (Lipinski definition) is 2. The molecule has 1 aromatic heterocycles. The quantitative estimate of drug-likeness (QED) is 0.784. The number of nitrogens with one attached hydrogen (secondary N) is 2. The molecule has 1 fully saturated rings. The first-order valence-electron chi connectivity index (χ1n) is 7.38. The number of rotatable bonds is 7. The van der Waals surface area contributed by atoms with Crippen LogP contribution >= 0.6 is 11.3 Å². The van der Waals surface area contributed by atoms with Crippen LogP contribution in [0.2, 0.25) is 0 Å². The molecule has 1 aliphatic heterocycles. The van der Waals surface area contributed by atoms with E-state index in [4.69, 9.17) is 0 Å². The molecule has 0 saturated carbocycles. The van der Waals surface area contributed by atoms with Crippen molar-refractivity contribution < 1.29 is 8.42 Å². The van der Waals surface area contributed by atoms with Crippen molar-refractivity contribution in [3.63, 3.8) is 0 Å². The molecular formula is C13H24N4O2S2. The number of aromatic nitrogens is 1. The third-order valence-electron chi connectivity index (χ3n) is 3.58. The van der Waals surface area contributed by atoms with Gasteiger partial charge >= 0.3 is 0 Å². The Bertz CT molecular complexity index is 544. The van der Waals surface area contributed by atoms with Crippen molar-refractivity contribution in [3.05, 3.63) is 16.1 Å². The summed E-state index contributed by atoms with van der Waals surface area (Å²) in [6.07, 6.45) is 3.78. The largest absolute Gasteiger partial charge is 0.317 e. The molecule has 0 amide bonds. The van der Waals surface area contributed by atoms with Crippen LogP contribution in [0.1, 0.15) is 29.7 Å². The fourth-order valence-corrected chi connectivity index (χ4v) is 4.58. The Morgan fingerprint density at radius 2 is 2.33 bits per heavy atom. The zero-order valence-electron chi connectivity index (χ0n) is 12.6. The van der Waals surface area contributed by atoms with Crippen LogP contribution in [0.3, 0.4) is 0 Å². The third kappa shape index (κ3) is 5.00. The number of piperidine rings is 1. The molecule has 1 saturated heterocycles. The van der Waals surface area contributed by atoms with Crippen molar-refractivity contribution in [2.45, 2.75) is 33.2 Å². The summed E-state index contributed by atoms with van der Waals surface area (Å²) in [7, 11) is -3.41. The highest BCUT2D eigenvalue weighted by Gasteiger charge is 2.28. The van der Waals surface area contributed by atoms with Gasteiger partial charge in [-0.25, -0.2) is 4.98 Å². The highest BCUT2D eigenvalue weighted by atomic mass is 32.2. The van der Waals surface area contributed by atoms with Crippen molar-refractivity contribution in [3.8, 4) is 0 Å². The summed E-state index contributed by atoms with van der Waals surface area (Å²) in [6.45, 7) is 7.31. The Morgan fingerprint density at radius 1 is 1.52 bits per heavy atom. The van der Waals surface area contributed by atoms with Gasteiger partial charge in [-0.15, -0.1) is 11.3 Å². The number of hydrogen-bond acceptors (Lipinski definition) is 5. The molecule has 2 heterocycles. The molecule has 0 aromatic carbocycles. The van der Waals surface area contributed by atoms with E-state index in [9.17, 15) is 8.42 Å². The summed E-state index contributed by atoms with van der Waals surface area (Å²) >= 11 is 1.52. The second-order valence-electron chi connectivity index (χ2n) is 5.36. The van der Waals surface area contributed by atoms with Gasteiger partial charge in [-0.05, 0) is 38.8 Å². The van der Waals surface area contributed by atoms with Crippen LogP contribution in [0.15, 0.2) is 6.20 Å². The van der Waals surface area contributed by atoms with Gasteiger partial charge in [0.25, 0.3) is 10.2 Å². The standard InChI is InChI=1S/C13H24N4O2S2/c1-3-14-8-12-5-4-6-17(10-12)21(18,19)16-9-13-15-7-11(2)20-13/h7,12,14,16H,3-6,8-10H2,1-2H3. The van der Waals surface area contributed by atoms with Crippen LogP contribution in [0.5, 0.6) is 0 Å². The summed E-state index contributed by atoms with van der Waals surface area (Å²) in [5.74, 6) is 0.400. The second-order valence-corrected chi connectivity index (χ2v) is 8.44. The molecule has 8 heteroatoms. The van der Waals surface area contributed by atoms with Crippen LogP contribution in [0.25, 0.3) is 0 Å². The summed E-state index contributed by atoms with van der Waals surface area (Å²) in [5, 5.41) is 4.10. The minimum Gasteiger partial charge on any atom is -0.317 e. The average Bonchev–Trinajstić information content (AvgIpc) is 2.89. The van der Waals surface area contributed by atoms with Gasteiger partial charge in [-0.1, -0.05) is 6.92 Å². The van der Waals surface area contributed by atoms with E-state index < -0.39 is 10.2 Å². The first-order chi connectivity index (χ1) is 10.0. The first-order valence-corrected chi connectivity index (χ1v) is 9.63. The molecule has 1 aliphatic rings. The molecule has 2 rings (SSSR count). The van der Waals surface area contributed by atoms with Crippen molar-refractivity contribution in [1.82, 2.24) is 19.3 Å². The Balaban J connectivity index is 1.89. The van der Waals surface area contributed by atoms with Crippen LogP contribution < -0.4 is 10.0 Å². The first kappa shape index (κ1) is 16.8. The Kier molecular flexibility index (Phi) is 6.12. The topological polar surface area (TPSA) is 74.3 Å². The van der Waals surface area contributed by atoms with Gasteiger partial charge in [0.2, 0.25) is 0 Å². The van der Waals surface area contributed by atoms with Gasteiger partial charge < -0.3 is 5.32 Å². The summed E-state index contributed by atoms with van der Waals surface area (Å²) in [4.78, 5) is 5.27. The smallest absolute Gasteiger partial charge is 0.279 e. The van der Waals surface area contributed by atoms with Crippen molar-refractivity contribution in [1.29, 1.82) is 0 Å². The summed E-state index contributed by atoms with van der Waals surface area (Å²) < 4.78 is 28.9. The number of thiazole rings is 1. The molecule has 0 bridgehead atoms. The minimum atomic E-state index is -3.41. The normalized spacial score (nSPS) is 20.8. The molecular weight excluding hydrogens is 308 g/mol. The van der Waals surface area contributed by atoms with Crippen LogP contribution in [0.4, 0.5) is 0 Å². The molecule has 1 atom stereocenters. The van der Waals surface area contributed by atoms with Crippen LogP contribution in [-0.2, 0) is 16.8 Å². The summed E-state index contributed by atoms with van der Waals surface area (Å²) in [5.41, 5.74) is 0. The van der Waals surface area contributed by atoms with E-state index in [0.717, 1.165) is 35.8 Å². The number of nitrogens with zero attached hydrogens (tertiary/aromatic N) is 2. The van der Waals surface area contributed by atoms with Crippen LogP contribution in [0, 0.1) is 12.8 Å². The second kappa shape index (κ2) is 7.64. The van der Waals surface area contributed by atoms with E-state index in [1.165, 1.54) is 11.3 Å². The SMILES string of the molecule is CCNCC1CCCN(S(=O)(=O)NCc2ncc(C)s2)C1. The molecule has 1 aromatic rings. The van der Waals surface area contributed by atoms with E-state index >= 15 is 0 Å². The zero-order chi connectivity index (χ0) is 15.3. The minimum absolute atomic E-state index is 0.273. The lowest BCUT2D eigenvalue weighted by molar-refractivity contribution is 0.258. The van der Waals surface area contributed by atoms with E-state index in [2.05, 4.69) is 21.9 Å². The lowest BCUT2D eigenvalue weighted by atomic mass is 10.00. The van der Waals surface area contributed by atoms with Crippen LogP contribution in [-0.4, -0.2) is 43.9 Å². The van der Waals surface area contributed by atoms with E-state index in [1.54, 1.807) is 10.5 Å². The predicted molar refractivity (Wildman–Crippen MR) is 85.5 cm³/mol. The Hall–Kier alpha value is -0.540. The zero-order valence-corrected chi connectivity index (χ0v) is 14.3. The maximum Gasteiger partial charge on any atom is 0.279 e. The maximum absolute atomic E-state index is 12.4. The number of aryl methyl sites for hydroxylation is 1. The van der Waals surface area contributed by atoms with Gasteiger partial charge in [0.15, 0.2) is 0 Å². The van der Waals surface area contributed by atoms with E-state index in [-0.39, 0.29) is 6.54 Å². The van der Waals surface area contributed by atoms with Crippen molar-refractivity contribution in [2.24, 2.45) is 5.92 Å². The highest BCUT2D eigenvalue weighted by molar-refractivity contribution is 7.87. The maximum atomic E-state index is 12.4. The Morgan fingerprint density at radius 3 is 3.00 bits per heavy atom. The molecule has 2 N–H and O–H groups in total. The molecule has 1 unspecified atom stereocenters. The van der Waals surface area contributed by atoms with Gasteiger partial charge in [0, 0.05) is 24.2 Å². The van der Waals surface area contributed by atoms with Gasteiger partial charge in [0.05, 0.1) is 6.54 Å². The van der Waals surface area contributed by atoms with E-state index in [0.29, 0.717) is 19.0 Å². The van der Waals surface area contributed by atoms with E-state index in [1.807, 2.05) is 6.92 Å². The molecule has 21 heavy (non-hydrogen) atoms. The summed E-state index contributed by atoms with van der Waals surface area (Å²) in [6, 6.07) is 0. The molecule has 120 valence electrons. The fraction of sp³-hybridized carbons (Fsp3) is 0.769. The average molecular weight is 332 g/mol. The molecule has 6 nitrogen and oxygen atoms in total. The predicted octanol–water partition coefficient (Wildman–Crippen LogP) is 1.11. The molecule has 0 radical (unpaired) electrons. The van der Waals surface area contributed by atoms with Gasteiger partial charge in [-0.2, -0.15) is 17.4 Å². The van der Waals surface area contributed by atoms with Gasteiger partial charge in [-0.3, -0.25) is 0 Å². The molecule has 0 spiro atoms. The third-order valence-corrected chi connectivity index (χ3v) is 6.01.